The summed E-state index contributed by atoms with van der Waals surface area (Å²) in [6, 6.07) is 12.1. The maximum Gasteiger partial charge on any atom is 0.349 e. The van der Waals surface area contributed by atoms with Crippen LogP contribution in [-0.4, -0.2) is 43.2 Å². The molecule has 2 aliphatic rings. The number of amides is 1. The molecule has 1 unspecified atom stereocenters. The number of likely N-dealkylation sites (tertiary alicyclic amines) is 1. The van der Waals surface area contributed by atoms with E-state index in [1.807, 2.05) is 31.2 Å². The topological polar surface area (TPSA) is 85.8 Å². The summed E-state index contributed by atoms with van der Waals surface area (Å²) >= 11 is 0. The lowest BCUT2D eigenvalue weighted by Gasteiger charge is -2.38. The van der Waals surface area contributed by atoms with Gasteiger partial charge in [0.25, 0.3) is 5.91 Å². The number of nitrogens with zero attached hydrogens (tertiary/aromatic N) is 1. The van der Waals surface area contributed by atoms with Gasteiger partial charge in [-0.15, -0.1) is 0 Å². The van der Waals surface area contributed by atoms with Crippen molar-refractivity contribution in [2.75, 3.05) is 26.2 Å². The molecule has 2 saturated heterocycles. The van der Waals surface area contributed by atoms with E-state index in [-0.39, 0.29) is 23.0 Å². The number of carbonyl (C=O) groups excluding carboxylic acids is 1. The van der Waals surface area contributed by atoms with E-state index in [9.17, 15) is 9.59 Å². The Morgan fingerprint density at radius 2 is 1.94 bits per heavy atom. The minimum absolute atomic E-state index is 0.128. The SMILES string of the molecule is Cc1cc(CCCc2ccccc2)oc(=O)c1C(=O)N1CCC2(CC1)COC(CN)C2. The molecule has 0 bridgehead atoms. The summed E-state index contributed by atoms with van der Waals surface area (Å²) in [7, 11) is 0. The number of aryl methyl sites for hydroxylation is 3. The lowest BCUT2D eigenvalue weighted by Crippen LogP contribution is -2.45. The predicted molar refractivity (Wildman–Crippen MR) is 119 cm³/mol. The summed E-state index contributed by atoms with van der Waals surface area (Å²) in [4.78, 5) is 27.5. The standard InChI is InChI=1S/C25H32N2O4/c1-18-14-20(9-5-8-19-6-3-2-4-7-19)31-24(29)22(18)23(28)27-12-10-25(11-13-27)15-21(16-26)30-17-25/h2-4,6-7,14,21H,5,8-13,15-17,26H2,1H3. The molecule has 6 heteroatoms. The van der Waals surface area contributed by atoms with Crippen LogP contribution >= 0.6 is 0 Å². The summed E-state index contributed by atoms with van der Waals surface area (Å²) in [6.45, 7) is 4.36. The summed E-state index contributed by atoms with van der Waals surface area (Å²) in [5, 5.41) is 0. The Balaban J connectivity index is 1.37. The molecule has 2 aromatic rings. The second kappa shape index (κ2) is 9.37. The fourth-order valence-corrected chi connectivity index (χ4v) is 4.90. The average molecular weight is 425 g/mol. The number of piperidine rings is 1. The zero-order chi connectivity index (χ0) is 21.8. The van der Waals surface area contributed by atoms with Crippen LogP contribution in [0, 0.1) is 12.3 Å². The van der Waals surface area contributed by atoms with Gasteiger partial charge in [-0.2, -0.15) is 0 Å². The molecule has 0 aliphatic carbocycles. The first kappa shape index (κ1) is 21.8. The van der Waals surface area contributed by atoms with Crippen molar-refractivity contribution in [3.05, 3.63) is 69.3 Å². The molecule has 2 fully saturated rings. The van der Waals surface area contributed by atoms with Gasteiger partial charge in [-0.1, -0.05) is 30.3 Å². The van der Waals surface area contributed by atoms with E-state index in [4.69, 9.17) is 14.9 Å². The third kappa shape index (κ3) is 4.91. The number of hydrogen-bond donors (Lipinski definition) is 1. The molecular formula is C25H32N2O4. The van der Waals surface area contributed by atoms with E-state index in [1.165, 1.54) is 5.56 Å². The van der Waals surface area contributed by atoms with Gasteiger partial charge < -0.3 is 19.8 Å². The first-order chi connectivity index (χ1) is 15.0. The van der Waals surface area contributed by atoms with Gasteiger partial charge in [0, 0.05) is 26.1 Å². The van der Waals surface area contributed by atoms with Crippen LogP contribution in [0.1, 0.15) is 52.9 Å². The molecule has 3 heterocycles. The van der Waals surface area contributed by atoms with E-state index in [0.717, 1.165) is 38.7 Å². The highest BCUT2D eigenvalue weighted by molar-refractivity contribution is 5.95. The van der Waals surface area contributed by atoms with Crippen LogP contribution in [0.2, 0.25) is 0 Å². The first-order valence-electron chi connectivity index (χ1n) is 11.3. The van der Waals surface area contributed by atoms with Gasteiger partial charge in [-0.05, 0) is 61.6 Å². The minimum atomic E-state index is -0.521. The van der Waals surface area contributed by atoms with Crippen LogP contribution < -0.4 is 11.4 Å². The molecule has 1 atom stereocenters. The largest absolute Gasteiger partial charge is 0.427 e. The number of ether oxygens (including phenoxy) is 1. The van der Waals surface area contributed by atoms with Crippen molar-refractivity contribution in [2.45, 2.75) is 51.6 Å². The van der Waals surface area contributed by atoms with E-state index in [0.29, 0.717) is 37.4 Å². The first-order valence-corrected chi connectivity index (χ1v) is 11.3. The van der Waals surface area contributed by atoms with Gasteiger partial charge in [0.15, 0.2) is 0 Å². The smallest absolute Gasteiger partial charge is 0.349 e. The summed E-state index contributed by atoms with van der Waals surface area (Å²) < 4.78 is 11.3. The van der Waals surface area contributed by atoms with Gasteiger partial charge in [0.05, 0.1) is 12.7 Å². The molecule has 0 saturated carbocycles. The molecule has 1 aromatic carbocycles. The van der Waals surface area contributed by atoms with Crippen LogP contribution in [0.4, 0.5) is 0 Å². The number of nitrogens with two attached hydrogens (primary N) is 1. The molecule has 31 heavy (non-hydrogen) atoms. The van der Waals surface area contributed by atoms with Crippen molar-refractivity contribution >= 4 is 5.91 Å². The van der Waals surface area contributed by atoms with Crippen molar-refractivity contribution in [2.24, 2.45) is 11.1 Å². The van der Waals surface area contributed by atoms with Crippen molar-refractivity contribution in [1.29, 1.82) is 0 Å². The fraction of sp³-hybridized carbons (Fsp3) is 0.520. The zero-order valence-electron chi connectivity index (χ0n) is 18.3. The predicted octanol–water partition coefficient (Wildman–Crippen LogP) is 3.09. The van der Waals surface area contributed by atoms with Gasteiger partial charge in [-0.3, -0.25) is 4.79 Å². The van der Waals surface area contributed by atoms with E-state index in [2.05, 4.69) is 12.1 Å². The van der Waals surface area contributed by atoms with Crippen molar-refractivity contribution in [3.8, 4) is 0 Å². The normalized spacial score (nSPS) is 20.3. The third-order valence-electron chi connectivity index (χ3n) is 6.81. The quantitative estimate of drug-likeness (QED) is 0.770. The number of hydrogen-bond acceptors (Lipinski definition) is 5. The molecule has 166 valence electrons. The Hall–Kier alpha value is -2.44. The summed E-state index contributed by atoms with van der Waals surface area (Å²) in [5.74, 6) is 0.426. The van der Waals surface area contributed by atoms with Crippen molar-refractivity contribution < 1.29 is 13.9 Å². The summed E-state index contributed by atoms with van der Waals surface area (Å²) in [5.41, 5.74) is 7.49. The number of carbonyl (C=O) groups is 1. The van der Waals surface area contributed by atoms with Gasteiger partial charge in [0.2, 0.25) is 0 Å². The fourth-order valence-electron chi connectivity index (χ4n) is 4.90. The van der Waals surface area contributed by atoms with Crippen LogP contribution in [0.15, 0.2) is 45.6 Å². The molecule has 2 N–H and O–H groups in total. The summed E-state index contributed by atoms with van der Waals surface area (Å²) in [6.07, 6.45) is 5.35. The molecule has 2 aliphatic heterocycles. The number of benzene rings is 1. The van der Waals surface area contributed by atoms with Crippen LogP contribution in [-0.2, 0) is 17.6 Å². The third-order valence-corrected chi connectivity index (χ3v) is 6.81. The number of rotatable bonds is 6. The highest BCUT2D eigenvalue weighted by Crippen LogP contribution is 2.41. The van der Waals surface area contributed by atoms with E-state index >= 15 is 0 Å². The zero-order valence-corrected chi connectivity index (χ0v) is 18.3. The van der Waals surface area contributed by atoms with Crippen LogP contribution in [0.3, 0.4) is 0 Å². The maximum atomic E-state index is 13.1. The van der Waals surface area contributed by atoms with E-state index in [1.54, 1.807) is 4.90 Å². The molecule has 6 nitrogen and oxygen atoms in total. The molecule has 4 rings (SSSR count). The van der Waals surface area contributed by atoms with Crippen LogP contribution in [0.5, 0.6) is 0 Å². The minimum Gasteiger partial charge on any atom is -0.427 e. The maximum absolute atomic E-state index is 13.1. The lowest BCUT2D eigenvalue weighted by molar-refractivity contribution is 0.0497. The van der Waals surface area contributed by atoms with Gasteiger partial charge in [-0.25, -0.2) is 4.79 Å². The Morgan fingerprint density at radius 3 is 2.58 bits per heavy atom. The highest BCUT2D eigenvalue weighted by atomic mass is 16.5. The van der Waals surface area contributed by atoms with Crippen LogP contribution in [0.25, 0.3) is 0 Å². The van der Waals surface area contributed by atoms with Gasteiger partial charge >= 0.3 is 5.63 Å². The Labute approximate surface area is 183 Å². The molecular weight excluding hydrogens is 392 g/mol. The monoisotopic (exact) mass is 424 g/mol. The molecule has 0 radical (unpaired) electrons. The highest BCUT2D eigenvalue weighted by Gasteiger charge is 2.43. The van der Waals surface area contributed by atoms with Crippen molar-refractivity contribution in [3.63, 3.8) is 0 Å². The lowest BCUT2D eigenvalue weighted by atomic mass is 9.76. The molecule has 1 spiro atoms. The Bertz CT molecular complexity index is 961. The van der Waals surface area contributed by atoms with E-state index < -0.39 is 5.63 Å². The second-order valence-corrected chi connectivity index (χ2v) is 9.06. The Morgan fingerprint density at radius 1 is 1.19 bits per heavy atom. The molecule has 1 amide bonds. The molecule has 1 aromatic heterocycles. The Kier molecular flexibility index (Phi) is 6.58. The van der Waals surface area contributed by atoms with Gasteiger partial charge in [0.1, 0.15) is 11.3 Å². The second-order valence-electron chi connectivity index (χ2n) is 9.06. The van der Waals surface area contributed by atoms with Crippen molar-refractivity contribution in [1.82, 2.24) is 4.90 Å². The average Bonchev–Trinajstić information content (AvgIpc) is 3.17.